The predicted octanol–water partition coefficient (Wildman–Crippen LogP) is 1.67. The van der Waals surface area contributed by atoms with Gasteiger partial charge < -0.3 is 9.84 Å². The van der Waals surface area contributed by atoms with Crippen molar-refractivity contribution in [3.05, 3.63) is 16.9 Å². The quantitative estimate of drug-likeness (QED) is 0.841. The fraction of sp³-hybridized carbons (Fsp3) is 0.700. The molecule has 5 heteroatoms. The van der Waals surface area contributed by atoms with Gasteiger partial charge in [0.15, 0.2) is 0 Å². The zero-order chi connectivity index (χ0) is 11.0. The molecule has 1 saturated heterocycles. The standard InChI is InChI=1S/C10H15ClN2O2/c1-6-3-4-8(15-6)10(14)9-7(11)5-12-13(9)2/h5-6,8,10,14H,3-4H2,1-2H3. The molecule has 3 atom stereocenters. The van der Waals surface area contributed by atoms with Gasteiger partial charge in [-0.25, -0.2) is 0 Å². The monoisotopic (exact) mass is 230 g/mol. The van der Waals surface area contributed by atoms with Gasteiger partial charge in [-0.1, -0.05) is 11.6 Å². The summed E-state index contributed by atoms with van der Waals surface area (Å²) in [4.78, 5) is 0. The first-order valence-corrected chi connectivity index (χ1v) is 5.48. The Hall–Kier alpha value is -0.580. The Kier molecular flexibility index (Phi) is 3.00. The molecule has 0 bridgehead atoms. The molecule has 15 heavy (non-hydrogen) atoms. The summed E-state index contributed by atoms with van der Waals surface area (Å²) in [5.41, 5.74) is 0.635. The van der Waals surface area contributed by atoms with Crippen molar-refractivity contribution in [1.82, 2.24) is 9.78 Å². The molecule has 1 aromatic rings. The van der Waals surface area contributed by atoms with E-state index in [0.29, 0.717) is 10.7 Å². The van der Waals surface area contributed by atoms with E-state index < -0.39 is 6.10 Å². The molecule has 0 aliphatic carbocycles. The molecule has 0 amide bonds. The zero-order valence-corrected chi connectivity index (χ0v) is 9.61. The van der Waals surface area contributed by atoms with Gasteiger partial charge in [0.1, 0.15) is 6.10 Å². The van der Waals surface area contributed by atoms with Crippen LogP contribution in [0, 0.1) is 0 Å². The largest absolute Gasteiger partial charge is 0.384 e. The number of nitrogens with zero attached hydrogens (tertiary/aromatic N) is 2. The number of aryl methyl sites for hydroxylation is 1. The van der Waals surface area contributed by atoms with E-state index in [0.717, 1.165) is 12.8 Å². The summed E-state index contributed by atoms with van der Waals surface area (Å²) >= 11 is 5.96. The second kappa shape index (κ2) is 4.12. The molecule has 1 fully saturated rings. The van der Waals surface area contributed by atoms with Crippen molar-refractivity contribution in [3.8, 4) is 0 Å². The third kappa shape index (κ3) is 2.02. The maximum absolute atomic E-state index is 10.1. The summed E-state index contributed by atoms with van der Waals surface area (Å²) < 4.78 is 7.20. The number of rotatable bonds is 2. The van der Waals surface area contributed by atoms with Crippen LogP contribution in [0.5, 0.6) is 0 Å². The van der Waals surface area contributed by atoms with E-state index in [-0.39, 0.29) is 12.2 Å². The van der Waals surface area contributed by atoms with Gasteiger partial charge in [0.25, 0.3) is 0 Å². The lowest BCUT2D eigenvalue weighted by molar-refractivity contribution is -0.0328. The minimum absolute atomic E-state index is 0.159. The molecule has 0 spiro atoms. The lowest BCUT2D eigenvalue weighted by Crippen LogP contribution is -2.21. The van der Waals surface area contributed by atoms with Crippen LogP contribution in [-0.4, -0.2) is 27.1 Å². The SMILES string of the molecule is CC1CCC(C(O)c2c(Cl)cnn2C)O1. The van der Waals surface area contributed by atoms with E-state index >= 15 is 0 Å². The summed E-state index contributed by atoms with van der Waals surface area (Å²) in [6, 6.07) is 0. The minimum atomic E-state index is -0.685. The van der Waals surface area contributed by atoms with Gasteiger partial charge in [-0.15, -0.1) is 0 Å². The highest BCUT2D eigenvalue weighted by molar-refractivity contribution is 6.31. The summed E-state index contributed by atoms with van der Waals surface area (Å²) in [7, 11) is 1.77. The molecule has 1 aliphatic heterocycles. The van der Waals surface area contributed by atoms with Crippen LogP contribution in [0.25, 0.3) is 0 Å². The topological polar surface area (TPSA) is 47.3 Å². The molecule has 84 valence electrons. The molecular formula is C10H15ClN2O2. The van der Waals surface area contributed by atoms with Crippen molar-refractivity contribution < 1.29 is 9.84 Å². The number of halogens is 1. The number of hydrogen-bond acceptors (Lipinski definition) is 3. The Bertz CT molecular complexity index is 334. The fourth-order valence-electron chi connectivity index (χ4n) is 1.99. The molecule has 4 nitrogen and oxygen atoms in total. The van der Waals surface area contributed by atoms with Gasteiger partial charge in [0.2, 0.25) is 0 Å². The van der Waals surface area contributed by atoms with Crippen molar-refractivity contribution in [2.45, 2.75) is 38.1 Å². The van der Waals surface area contributed by atoms with Crippen molar-refractivity contribution in [2.75, 3.05) is 0 Å². The van der Waals surface area contributed by atoms with Crippen LogP contribution < -0.4 is 0 Å². The Morgan fingerprint density at radius 1 is 1.67 bits per heavy atom. The van der Waals surface area contributed by atoms with E-state index in [1.165, 1.54) is 0 Å². The van der Waals surface area contributed by atoms with Crippen molar-refractivity contribution in [1.29, 1.82) is 0 Å². The third-order valence-corrected chi connectivity index (χ3v) is 3.13. The highest BCUT2D eigenvalue weighted by atomic mass is 35.5. The molecule has 0 radical (unpaired) electrons. The van der Waals surface area contributed by atoms with E-state index in [1.54, 1.807) is 17.9 Å². The first-order valence-electron chi connectivity index (χ1n) is 5.10. The van der Waals surface area contributed by atoms with Crippen molar-refractivity contribution in [3.63, 3.8) is 0 Å². The van der Waals surface area contributed by atoms with Crippen LogP contribution in [0.4, 0.5) is 0 Å². The summed E-state index contributed by atoms with van der Waals surface area (Å²) in [5, 5.41) is 14.6. The van der Waals surface area contributed by atoms with E-state index in [1.807, 2.05) is 6.92 Å². The van der Waals surface area contributed by atoms with Gasteiger partial charge in [-0.2, -0.15) is 5.10 Å². The lowest BCUT2D eigenvalue weighted by Gasteiger charge is -2.18. The number of aliphatic hydroxyl groups is 1. The van der Waals surface area contributed by atoms with Gasteiger partial charge in [-0.05, 0) is 19.8 Å². The van der Waals surface area contributed by atoms with E-state index in [4.69, 9.17) is 16.3 Å². The molecular weight excluding hydrogens is 216 g/mol. The predicted molar refractivity (Wildman–Crippen MR) is 56.7 cm³/mol. The van der Waals surface area contributed by atoms with Crippen LogP contribution in [0.15, 0.2) is 6.20 Å². The van der Waals surface area contributed by atoms with Crippen molar-refractivity contribution in [2.24, 2.45) is 7.05 Å². The fourth-order valence-corrected chi connectivity index (χ4v) is 2.27. The molecule has 1 N–H and O–H groups in total. The molecule has 0 saturated carbocycles. The maximum Gasteiger partial charge on any atom is 0.123 e. The van der Waals surface area contributed by atoms with Crippen LogP contribution >= 0.6 is 11.6 Å². The smallest absolute Gasteiger partial charge is 0.123 e. The van der Waals surface area contributed by atoms with Gasteiger partial charge in [0.05, 0.1) is 29.1 Å². The molecule has 0 aromatic carbocycles. The summed E-state index contributed by atoms with van der Waals surface area (Å²) in [6.07, 6.45) is 2.76. The molecule has 3 unspecified atom stereocenters. The minimum Gasteiger partial charge on any atom is -0.384 e. The van der Waals surface area contributed by atoms with Crippen LogP contribution in [-0.2, 0) is 11.8 Å². The van der Waals surface area contributed by atoms with Gasteiger partial charge in [-0.3, -0.25) is 4.68 Å². The van der Waals surface area contributed by atoms with Crippen LogP contribution in [0.1, 0.15) is 31.6 Å². The normalized spacial score (nSPS) is 28.3. The van der Waals surface area contributed by atoms with Gasteiger partial charge >= 0.3 is 0 Å². The zero-order valence-electron chi connectivity index (χ0n) is 8.85. The Balaban J connectivity index is 2.17. The number of hydrogen-bond donors (Lipinski definition) is 1. The van der Waals surface area contributed by atoms with Gasteiger partial charge in [0, 0.05) is 7.05 Å². The number of aromatic nitrogens is 2. The first kappa shape index (κ1) is 10.9. The second-order valence-electron chi connectivity index (χ2n) is 4.01. The lowest BCUT2D eigenvalue weighted by atomic mass is 10.1. The average Bonchev–Trinajstić information content (AvgIpc) is 2.73. The summed E-state index contributed by atoms with van der Waals surface area (Å²) in [5.74, 6) is 0. The number of aliphatic hydroxyl groups excluding tert-OH is 1. The average molecular weight is 231 g/mol. The van der Waals surface area contributed by atoms with Crippen LogP contribution in [0.2, 0.25) is 5.02 Å². The second-order valence-corrected chi connectivity index (χ2v) is 4.42. The summed E-state index contributed by atoms with van der Waals surface area (Å²) in [6.45, 7) is 2.01. The molecule has 2 rings (SSSR count). The maximum atomic E-state index is 10.1. The van der Waals surface area contributed by atoms with E-state index in [2.05, 4.69) is 5.10 Å². The first-order chi connectivity index (χ1) is 7.09. The molecule has 1 aliphatic rings. The molecule has 2 heterocycles. The number of ether oxygens (including phenoxy) is 1. The Labute approximate surface area is 93.8 Å². The van der Waals surface area contributed by atoms with Crippen LogP contribution in [0.3, 0.4) is 0 Å². The van der Waals surface area contributed by atoms with Crippen molar-refractivity contribution >= 4 is 11.6 Å². The molecule has 1 aromatic heterocycles. The highest BCUT2D eigenvalue weighted by Crippen LogP contribution is 2.32. The third-order valence-electron chi connectivity index (χ3n) is 2.83. The highest BCUT2D eigenvalue weighted by Gasteiger charge is 2.32. The Morgan fingerprint density at radius 3 is 2.87 bits per heavy atom. The van der Waals surface area contributed by atoms with E-state index in [9.17, 15) is 5.11 Å². The Morgan fingerprint density at radius 2 is 2.40 bits per heavy atom.